The summed E-state index contributed by atoms with van der Waals surface area (Å²) in [7, 11) is 0. The van der Waals surface area contributed by atoms with Gasteiger partial charge in [0.05, 0.1) is 24.9 Å². The molecule has 0 saturated carbocycles. The number of hydrogen-bond donors (Lipinski definition) is 1. The van der Waals surface area contributed by atoms with E-state index in [4.69, 9.17) is 15.5 Å². The Hall–Kier alpha value is -0.650. The van der Waals surface area contributed by atoms with Crippen molar-refractivity contribution in [3.63, 3.8) is 0 Å². The van der Waals surface area contributed by atoms with Gasteiger partial charge in [-0.3, -0.25) is 0 Å². The van der Waals surface area contributed by atoms with Crippen LogP contribution in [-0.4, -0.2) is 30.8 Å². The first-order chi connectivity index (χ1) is 8.97. The third kappa shape index (κ3) is 3.09. The molecule has 1 unspecified atom stereocenters. The quantitative estimate of drug-likeness (QED) is 0.926. The van der Waals surface area contributed by atoms with E-state index in [0.717, 1.165) is 37.0 Å². The summed E-state index contributed by atoms with van der Waals surface area (Å²) in [5.74, 6) is 0. The number of aromatic nitrogens is 1. The highest BCUT2D eigenvalue weighted by Gasteiger charge is 2.28. The molecule has 1 saturated heterocycles. The predicted octanol–water partition coefficient (Wildman–Crippen LogP) is 2.51. The van der Waals surface area contributed by atoms with Gasteiger partial charge in [0.25, 0.3) is 0 Å². The molecule has 4 nitrogen and oxygen atoms in total. The van der Waals surface area contributed by atoms with Crippen LogP contribution in [0.1, 0.15) is 44.7 Å². The molecule has 0 spiro atoms. The summed E-state index contributed by atoms with van der Waals surface area (Å²) in [4.78, 5) is 8.49. The Labute approximate surface area is 120 Å². The summed E-state index contributed by atoms with van der Waals surface area (Å²) < 4.78 is 5.57. The lowest BCUT2D eigenvalue weighted by molar-refractivity contribution is 0.0929. The van der Waals surface area contributed by atoms with Gasteiger partial charge in [-0.1, -0.05) is 27.7 Å². The zero-order valence-corrected chi connectivity index (χ0v) is 13.2. The van der Waals surface area contributed by atoms with Crippen molar-refractivity contribution in [2.45, 2.75) is 52.1 Å². The van der Waals surface area contributed by atoms with Gasteiger partial charge >= 0.3 is 0 Å². The normalized spacial score (nSPS) is 20.9. The molecule has 1 aromatic heterocycles. The van der Waals surface area contributed by atoms with Crippen molar-refractivity contribution in [3.8, 4) is 0 Å². The molecule has 1 aliphatic rings. The number of nitrogens with two attached hydrogens (primary N) is 1. The Morgan fingerprint density at radius 2 is 2.21 bits per heavy atom. The van der Waals surface area contributed by atoms with E-state index in [1.807, 2.05) is 0 Å². The van der Waals surface area contributed by atoms with Gasteiger partial charge in [0, 0.05) is 23.4 Å². The molecule has 1 atom stereocenters. The molecule has 19 heavy (non-hydrogen) atoms. The Morgan fingerprint density at radius 3 is 2.74 bits per heavy atom. The highest BCUT2D eigenvalue weighted by molar-refractivity contribution is 7.15. The topological polar surface area (TPSA) is 51.4 Å². The van der Waals surface area contributed by atoms with Crippen molar-refractivity contribution in [1.82, 2.24) is 4.98 Å². The Bertz CT molecular complexity index is 425. The van der Waals surface area contributed by atoms with E-state index in [2.05, 4.69) is 32.6 Å². The number of ether oxygens (including phenoxy) is 1. The first kappa shape index (κ1) is 14.8. The Kier molecular flexibility index (Phi) is 4.48. The second kappa shape index (κ2) is 5.77. The fraction of sp³-hybridized carbons (Fsp3) is 0.786. The summed E-state index contributed by atoms with van der Waals surface area (Å²) in [5, 5.41) is 1.11. The summed E-state index contributed by atoms with van der Waals surface area (Å²) in [6, 6.07) is 0.443. The van der Waals surface area contributed by atoms with E-state index in [0.29, 0.717) is 12.6 Å². The Balaban J connectivity index is 2.32. The maximum Gasteiger partial charge on any atom is 0.186 e. The van der Waals surface area contributed by atoms with Gasteiger partial charge in [0.2, 0.25) is 0 Å². The van der Waals surface area contributed by atoms with Gasteiger partial charge in [-0.05, 0) is 6.42 Å². The summed E-state index contributed by atoms with van der Waals surface area (Å²) in [6.07, 6.45) is 1.09. The third-order valence-corrected chi connectivity index (χ3v) is 4.64. The van der Waals surface area contributed by atoms with Gasteiger partial charge in [0.1, 0.15) is 0 Å². The molecule has 2 N–H and O–H groups in total. The molecule has 0 aromatic carbocycles. The van der Waals surface area contributed by atoms with Crippen molar-refractivity contribution < 1.29 is 4.74 Å². The van der Waals surface area contributed by atoms with Crippen LogP contribution in [0, 0.1) is 0 Å². The van der Waals surface area contributed by atoms with Crippen LogP contribution in [0.5, 0.6) is 0 Å². The standard InChI is InChI=1S/C14H25N3OS/c1-5-10-9-18-7-6-17(10)13-16-12(14(2,3)4)11(8-15)19-13/h10H,5-9,15H2,1-4H3. The summed E-state index contributed by atoms with van der Waals surface area (Å²) in [6.45, 7) is 11.9. The molecule has 0 amide bonds. The summed E-state index contributed by atoms with van der Waals surface area (Å²) in [5.41, 5.74) is 7.09. The number of morpholine rings is 1. The lowest BCUT2D eigenvalue weighted by Crippen LogP contribution is -2.45. The van der Waals surface area contributed by atoms with Crippen molar-refractivity contribution in [3.05, 3.63) is 10.6 Å². The third-order valence-electron chi connectivity index (χ3n) is 3.53. The molecule has 1 aromatic rings. The minimum atomic E-state index is 0.0530. The van der Waals surface area contributed by atoms with Crippen molar-refractivity contribution >= 4 is 16.5 Å². The molecule has 1 aliphatic heterocycles. The van der Waals surface area contributed by atoms with E-state index >= 15 is 0 Å². The number of nitrogens with zero attached hydrogens (tertiary/aromatic N) is 2. The lowest BCUT2D eigenvalue weighted by Gasteiger charge is -2.34. The average molecular weight is 283 g/mol. The van der Waals surface area contributed by atoms with Crippen molar-refractivity contribution in [2.24, 2.45) is 5.73 Å². The molecule has 0 bridgehead atoms. The second-order valence-corrected chi connectivity index (χ2v) is 7.11. The number of thiazole rings is 1. The minimum Gasteiger partial charge on any atom is -0.377 e. The van der Waals surface area contributed by atoms with E-state index in [1.54, 1.807) is 11.3 Å². The first-order valence-corrected chi connectivity index (χ1v) is 7.83. The molecular weight excluding hydrogens is 258 g/mol. The molecule has 1 fully saturated rings. The second-order valence-electron chi connectivity index (χ2n) is 6.05. The van der Waals surface area contributed by atoms with Gasteiger partial charge in [-0.2, -0.15) is 0 Å². The molecule has 2 heterocycles. The Morgan fingerprint density at radius 1 is 1.47 bits per heavy atom. The first-order valence-electron chi connectivity index (χ1n) is 7.02. The van der Waals surface area contributed by atoms with Crippen molar-refractivity contribution in [2.75, 3.05) is 24.7 Å². The van der Waals surface area contributed by atoms with E-state index < -0.39 is 0 Å². The van der Waals surface area contributed by atoms with Crippen LogP contribution in [0.4, 0.5) is 5.13 Å². The monoisotopic (exact) mass is 283 g/mol. The van der Waals surface area contributed by atoms with Gasteiger partial charge in [0.15, 0.2) is 5.13 Å². The van der Waals surface area contributed by atoms with Crippen LogP contribution in [0.25, 0.3) is 0 Å². The SMILES string of the molecule is CCC1COCCN1c1nc(C(C)(C)C)c(CN)s1. The number of hydrogen-bond acceptors (Lipinski definition) is 5. The van der Waals surface area contributed by atoms with Crippen LogP contribution in [0.15, 0.2) is 0 Å². The van der Waals surface area contributed by atoms with Crippen LogP contribution in [0.3, 0.4) is 0 Å². The van der Waals surface area contributed by atoms with E-state index in [9.17, 15) is 0 Å². The fourth-order valence-corrected chi connectivity index (χ4v) is 3.68. The average Bonchev–Trinajstić information content (AvgIpc) is 2.82. The highest BCUT2D eigenvalue weighted by Crippen LogP contribution is 2.35. The molecular formula is C14H25N3OS. The van der Waals surface area contributed by atoms with Gasteiger partial charge < -0.3 is 15.4 Å². The summed E-state index contributed by atoms with van der Waals surface area (Å²) >= 11 is 1.75. The van der Waals surface area contributed by atoms with Crippen molar-refractivity contribution in [1.29, 1.82) is 0 Å². The van der Waals surface area contributed by atoms with Crippen LogP contribution in [0.2, 0.25) is 0 Å². The van der Waals surface area contributed by atoms with Gasteiger partial charge in [-0.25, -0.2) is 4.98 Å². The molecule has 0 aliphatic carbocycles. The van der Waals surface area contributed by atoms with Crippen LogP contribution in [-0.2, 0) is 16.7 Å². The largest absolute Gasteiger partial charge is 0.377 e. The zero-order chi connectivity index (χ0) is 14.0. The molecule has 2 rings (SSSR count). The predicted molar refractivity (Wildman–Crippen MR) is 80.9 cm³/mol. The van der Waals surface area contributed by atoms with Gasteiger partial charge in [-0.15, -0.1) is 11.3 Å². The maximum atomic E-state index is 5.88. The molecule has 5 heteroatoms. The van der Waals surface area contributed by atoms with Crippen LogP contribution < -0.4 is 10.6 Å². The molecule has 0 radical (unpaired) electrons. The van der Waals surface area contributed by atoms with Crippen LogP contribution >= 0.6 is 11.3 Å². The fourth-order valence-electron chi connectivity index (χ4n) is 2.43. The van der Waals surface area contributed by atoms with E-state index in [-0.39, 0.29) is 5.41 Å². The zero-order valence-electron chi connectivity index (χ0n) is 12.4. The maximum absolute atomic E-state index is 5.88. The lowest BCUT2D eigenvalue weighted by atomic mass is 9.91. The molecule has 108 valence electrons. The number of anilines is 1. The smallest absolute Gasteiger partial charge is 0.186 e. The minimum absolute atomic E-state index is 0.0530. The van der Waals surface area contributed by atoms with E-state index in [1.165, 1.54) is 4.88 Å². The number of rotatable bonds is 3. The highest BCUT2D eigenvalue weighted by atomic mass is 32.1.